The van der Waals surface area contributed by atoms with Crippen molar-refractivity contribution in [1.82, 2.24) is 0 Å². The van der Waals surface area contributed by atoms with E-state index in [0.717, 1.165) is 16.8 Å². The molecule has 0 radical (unpaired) electrons. The Labute approximate surface area is 112 Å². The molecule has 0 aliphatic rings. The average Bonchev–Trinajstić information content (AvgIpc) is 2.26. The molecule has 0 amide bonds. The van der Waals surface area contributed by atoms with Crippen LogP contribution in [0.15, 0.2) is 42.5 Å². The Bertz CT molecular complexity index is 546. The van der Waals surface area contributed by atoms with Crippen molar-refractivity contribution in [2.75, 3.05) is 5.32 Å². The van der Waals surface area contributed by atoms with Crippen LogP contribution in [0, 0.1) is 18.6 Å². The quantitative estimate of drug-likeness (QED) is 0.864. The Morgan fingerprint density at radius 1 is 1.05 bits per heavy atom. The Hall–Kier alpha value is -1.90. The molecule has 19 heavy (non-hydrogen) atoms. The van der Waals surface area contributed by atoms with Gasteiger partial charge in [0.25, 0.3) is 0 Å². The zero-order valence-electron chi connectivity index (χ0n) is 11.1. The Morgan fingerprint density at radius 3 is 2.53 bits per heavy atom. The van der Waals surface area contributed by atoms with E-state index in [1.54, 1.807) is 6.07 Å². The number of hydrogen-bond acceptors (Lipinski definition) is 1. The van der Waals surface area contributed by atoms with E-state index in [-0.39, 0.29) is 17.7 Å². The number of benzene rings is 2. The maximum absolute atomic E-state index is 13.3. The molecule has 2 aromatic carbocycles. The van der Waals surface area contributed by atoms with Gasteiger partial charge in [0.05, 0.1) is 0 Å². The molecular formula is C16H17F2N. The monoisotopic (exact) mass is 261 g/mol. The highest BCUT2D eigenvalue weighted by Crippen LogP contribution is 2.16. The van der Waals surface area contributed by atoms with Crippen molar-refractivity contribution in [3.63, 3.8) is 0 Å². The van der Waals surface area contributed by atoms with E-state index >= 15 is 0 Å². The summed E-state index contributed by atoms with van der Waals surface area (Å²) in [4.78, 5) is 0. The van der Waals surface area contributed by atoms with Gasteiger partial charge in [-0.1, -0.05) is 12.1 Å². The zero-order chi connectivity index (χ0) is 13.8. The molecule has 1 N–H and O–H groups in total. The molecule has 1 atom stereocenters. The van der Waals surface area contributed by atoms with Crippen LogP contribution in [0.3, 0.4) is 0 Å². The minimum Gasteiger partial charge on any atom is -0.382 e. The fourth-order valence-electron chi connectivity index (χ4n) is 2.17. The van der Waals surface area contributed by atoms with Crippen molar-refractivity contribution in [3.8, 4) is 0 Å². The van der Waals surface area contributed by atoms with Crippen LogP contribution in [0.2, 0.25) is 0 Å². The number of nitrogens with one attached hydrogen (secondary N) is 1. The van der Waals surface area contributed by atoms with Gasteiger partial charge in [0, 0.05) is 11.7 Å². The molecule has 1 unspecified atom stereocenters. The number of hydrogen-bond donors (Lipinski definition) is 1. The largest absolute Gasteiger partial charge is 0.382 e. The summed E-state index contributed by atoms with van der Waals surface area (Å²) in [7, 11) is 0. The lowest BCUT2D eigenvalue weighted by molar-refractivity contribution is 0.623. The lowest BCUT2D eigenvalue weighted by Gasteiger charge is -2.16. The fourth-order valence-corrected chi connectivity index (χ4v) is 2.17. The second kappa shape index (κ2) is 5.83. The van der Waals surface area contributed by atoms with E-state index in [2.05, 4.69) is 5.32 Å². The maximum Gasteiger partial charge on any atom is 0.125 e. The lowest BCUT2D eigenvalue weighted by Crippen LogP contribution is -2.18. The molecular weight excluding hydrogens is 244 g/mol. The van der Waals surface area contributed by atoms with Crippen LogP contribution in [-0.4, -0.2) is 6.04 Å². The Balaban J connectivity index is 2.03. The third-order valence-electron chi connectivity index (χ3n) is 2.89. The standard InChI is InChI=1S/C16H17F2N/c1-11-6-15(18)10-16(7-11)19-12(2)8-13-4-3-5-14(17)9-13/h3-7,9-10,12,19H,8H2,1-2H3. The first-order valence-electron chi connectivity index (χ1n) is 6.31. The van der Waals surface area contributed by atoms with Crippen molar-refractivity contribution < 1.29 is 8.78 Å². The molecule has 0 saturated carbocycles. The summed E-state index contributed by atoms with van der Waals surface area (Å²) in [6.07, 6.45) is 0.688. The third-order valence-corrected chi connectivity index (χ3v) is 2.89. The van der Waals surface area contributed by atoms with Crippen LogP contribution < -0.4 is 5.32 Å². The van der Waals surface area contributed by atoms with Gasteiger partial charge in [0.2, 0.25) is 0 Å². The van der Waals surface area contributed by atoms with Crippen LogP contribution >= 0.6 is 0 Å². The summed E-state index contributed by atoms with van der Waals surface area (Å²) in [6, 6.07) is 11.5. The van der Waals surface area contributed by atoms with Gasteiger partial charge in [-0.25, -0.2) is 8.78 Å². The molecule has 0 heterocycles. The second-order valence-electron chi connectivity index (χ2n) is 4.90. The maximum atomic E-state index is 13.3. The molecule has 0 fully saturated rings. The first kappa shape index (κ1) is 13.5. The van der Waals surface area contributed by atoms with Gasteiger partial charge in [-0.05, 0) is 61.7 Å². The van der Waals surface area contributed by atoms with Gasteiger partial charge < -0.3 is 5.32 Å². The van der Waals surface area contributed by atoms with Crippen LogP contribution in [0.5, 0.6) is 0 Å². The molecule has 0 spiro atoms. The summed E-state index contributed by atoms with van der Waals surface area (Å²) < 4.78 is 26.3. The van der Waals surface area contributed by atoms with Crippen LogP contribution in [-0.2, 0) is 6.42 Å². The molecule has 2 rings (SSSR count). The van der Waals surface area contributed by atoms with Gasteiger partial charge in [-0.2, -0.15) is 0 Å². The zero-order valence-corrected chi connectivity index (χ0v) is 11.1. The smallest absolute Gasteiger partial charge is 0.125 e. The van der Waals surface area contributed by atoms with Crippen LogP contribution in [0.1, 0.15) is 18.1 Å². The lowest BCUT2D eigenvalue weighted by atomic mass is 10.1. The molecule has 0 aliphatic heterocycles. The van der Waals surface area contributed by atoms with Crippen molar-refractivity contribution in [2.24, 2.45) is 0 Å². The highest BCUT2D eigenvalue weighted by Gasteiger charge is 2.06. The SMILES string of the molecule is Cc1cc(F)cc(NC(C)Cc2cccc(F)c2)c1. The molecule has 0 aliphatic carbocycles. The van der Waals surface area contributed by atoms with Gasteiger partial charge in [-0.3, -0.25) is 0 Å². The van der Waals surface area contributed by atoms with Crippen molar-refractivity contribution in [3.05, 3.63) is 65.2 Å². The number of rotatable bonds is 4. The topological polar surface area (TPSA) is 12.0 Å². The molecule has 0 aromatic heterocycles. The van der Waals surface area contributed by atoms with E-state index in [0.29, 0.717) is 6.42 Å². The highest BCUT2D eigenvalue weighted by molar-refractivity contribution is 5.46. The molecule has 1 nitrogen and oxygen atoms in total. The summed E-state index contributed by atoms with van der Waals surface area (Å²) in [6.45, 7) is 3.84. The predicted molar refractivity (Wildman–Crippen MR) is 74.3 cm³/mol. The Morgan fingerprint density at radius 2 is 1.84 bits per heavy atom. The van der Waals surface area contributed by atoms with Gasteiger partial charge in [-0.15, -0.1) is 0 Å². The second-order valence-corrected chi connectivity index (χ2v) is 4.90. The number of anilines is 1. The molecule has 3 heteroatoms. The molecule has 2 aromatic rings. The average molecular weight is 261 g/mol. The normalized spacial score (nSPS) is 12.2. The Kier molecular flexibility index (Phi) is 4.15. The summed E-state index contributed by atoms with van der Waals surface area (Å²) >= 11 is 0. The predicted octanol–water partition coefficient (Wildman–Crippen LogP) is 4.32. The van der Waals surface area contributed by atoms with Crippen LogP contribution in [0.4, 0.5) is 14.5 Å². The summed E-state index contributed by atoms with van der Waals surface area (Å²) in [5.41, 5.74) is 2.55. The van der Waals surface area contributed by atoms with Gasteiger partial charge in [0.1, 0.15) is 11.6 Å². The van der Waals surface area contributed by atoms with Gasteiger partial charge in [0.15, 0.2) is 0 Å². The number of aryl methyl sites for hydroxylation is 1. The van der Waals surface area contributed by atoms with E-state index in [4.69, 9.17) is 0 Å². The third kappa shape index (κ3) is 4.05. The van der Waals surface area contributed by atoms with Gasteiger partial charge >= 0.3 is 0 Å². The van der Waals surface area contributed by atoms with E-state index in [1.165, 1.54) is 24.3 Å². The summed E-state index contributed by atoms with van der Waals surface area (Å²) in [5.74, 6) is -0.480. The minimum absolute atomic E-state index is 0.1000. The first-order chi connectivity index (χ1) is 9.02. The first-order valence-corrected chi connectivity index (χ1v) is 6.31. The highest BCUT2D eigenvalue weighted by atomic mass is 19.1. The molecule has 0 saturated heterocycles. The van der Waals surface area contributed by atoms with E-state index in [1.807, 2.05) is 26.0 Å². The fraction of sp³-hybridized carbons (Fsp3) is 0.250. The molecule has 100 valence electrons. The minimum atomic E-state index is -0.250. The summed E-state index contributed by atoms with van der Waals surface area (Å²) in [5, 5.41) is 3.23. The van der Waals surface area contributed by atoms with Crippen molar-refractivity contribution in [1.29, 1.82) is 0 Å². The van der Waals surface area contributed by atoms with Crippen LogP contribution in [0.25, 0.3) is 0 Å². The number of halogens is 2. The molecule has 0 bridgehead atoms. The van der Waals surface area contributed by atoms with Crippen molar-refractivity contribution >= 4 is 5.69 Å². The van der Waals surface area contributed by atoms with E-state index < -0.39 is 0 Å². The van der Waals surface area contributed by atoms with E-state index in [9.17, 15) is 8.78 Å². The van der Waals surface area contributed by atoms with Crippen molar-refractivity contribution in [2.45, 2.75) is 26.3 Å².